The van der Waals surface area contributed by atoms with Crippen molar-refractivity contribution in [2.75, 3.05) is 31.6 Å². The van der Waals surface area contributed by atoms with Gasteiger partial charge in [0, 0.05) is 44.7 Å². The first-order valence-electron chi connectivity index (χ1n) is 13.3. The lowest BCUT2D eigenvalue weighted by Gasteiger charge is -2.31. The molecule has 0 saturated heterocycles. The maximum atomic E-state index is 13.9. The summed E-state index contributed by atoms with van der Waals surface area (Å²) in [6.07, 6.45) is 1.78. The Labute approximate surface area is 246 Å². The first-order chi connectivity index (χ1) is 20.2. The lowest BCUT2D eigenvalue weighted by atomic mass is 10.1. The zero-order chi connectivity index (χ0) is 30.5. The zero-order valence-electron chi connectivity index (χ0n) is 23.0. The van der Waals surface area contributed by atoms with Crippen LogP contribution in [0.25, 0.3) is 10.8 Å². The molecule has 14 heteroatoms. The molecule has 0 radical (unpaired) electrons. The summed E-state index contributed by atoms with van der Waals surface area (Å²) in [5.41, 5.74) is 3.35. The molecule has 2 aromatic carbocycles. The standard InChI is InChI=1S/C28H33ClF2N6O5/c1-18(39)37(35-16-20-5-2-7-24(31)26(20)29)23(6-3-10-32-27(40)33-11-4-12-38)17-42-28(41)36-25-14-21-13-22(30)9-8-19(21)15-34-25/h2,5,7-9,13-15,23,35,38H,3-4,6,10-12,16-17H2,1H3,(H2,32,33,40)(H,34,36,41)/t23-/m0/s1. The van der Waals surface area contributed by atoms with Crippen molar-refractivity contribution >= 4 is 46.2 Å². The molecule has 0 fully saturated rings. The second-order valence-electron chi connectivity index (χ2n) is 9.28. The number of aliphatic hydroxyl groups excluding tert-OH is 1. The molecule has 42 heavy (non-hydrogen) atoms. The van der Waals surface area contributed by atoms with E-state index in [1.807, 2.05) is 0 Å². The fourth-order valence-electron chi connectivity index (χ4n) is 4.02. The number of hydrogen-bond donors (Lipinski definition) is 5. The minimum Gasteiger partial charge on any atom is -0.447 e. The van der Waals surface area contributed by atoms with Gasteiger partial charge >= 0.3 is 12.1 Å². The molecule has 5 N–H and O–H groups in total. The fraction of sp³-hybridized carbons (Fsp3) is 0.357. The summed E-state index contributed by atoms with van der Waals surface area (Å²) in [5.74, 6) is -1.29. The number of carbonyl (C=O) groups excluding carboxylic acids is 3. The fourth-order valence-corrected chi connectivity index (χ4v) is 4.21. The SMILES string of the molecule is CC(=O)N(NCc1cccc(F)c1Cl)[C@@H](CCCNC(=O)NCCCO)COC(=O)Nc1cc2cc(F)ccc2cn1. The lowest BCUT2D eigenvalue weighted by molar-refractivity contribution is -0.136. The molecule has 0 saturated carbocycles. The number of fused-ring (bicyclic) bond motifs is 1. The van der Waals surface area contributed by atoms with E-state index in [0.717, 1.165) is 0 Å². The summed E-state index contributed by atoms with van der Waals surface area (Å²) in [7, 11) is 0. The maximum absolute atomic E-state index is 13.9. The Bertz CT molecular complexity index is 1380. The number of nitrogens with one attached hydrogen (secondary N) is 4. The molecule has 0 aliphatic carbocycles. The van der Waals surface area contributed by atoms with E-state index >= 15 is 0 Å². The van der Waals surface area contributed by atoms with E-state index in [2.05, 4.69) is 26.4 Å². The second-order valence-corrected chi connectivity index (χ2v) is 9.66. The molecule has 4 amide bonds. The predicted molar refractivity (Wildman–Crippen MR) is 154 cm³/mol. The maximum Gasteiger partial charge on any atom is 0.412 e. The first kappa shape index (κ1) is 32.4. The highest BCUT2D eigenvalue weighted by atomic mass is 35.5. The van der Waals surface area contributed by atoms with Gasteiger partial charge in [0.15, 0.2) is 0 Å². The van der Waals surface area contributed by atoms with Crippen molar-refractivity contribution in [3.8, 4) is 0 Å². The molecular weight excluding hydrogens is 574 g/mol. The van der Waals surface area contributed by atoms with Crippen molar-refractivity contribution in [1.29, 1.82) is 0 Å². The summed E-state index contributed by atoms with van der Waals surface area (Å²) in [6, 6.07) is 8.93. The Morgan fingerprint density at radius 2 is 1.83 bits per heavy atom. The molecule has 3 aromatic rings. The van der Waals surface area contributed by atoms with Crippen LogP contribution in [-0.4, -0.2) is 65.5 Å². The van der Waals surface area contributed by atoms with Crippen LogP contribution in [0, 0.1) is 11.6 Å². The third-order valence-electron chi connectivity index (χ3n) is 6.12. The highest BCUT2D eigenvalue weighted by Gasteiger charge is 2.23. The van der Waals surface area contributed by atoms with E-state index in [4.69, 9.17) is 21.4 Å². The van der Waals surface area contributed by atoms with Crippen molar-refractivity contribution in [3.63, 3.8) is 0 Å². The van der Waals surface area contributed by atoms with Gasteiger partial charge in [0.2, 0.25) is 5.91 Å². The molecule has 0 aliphatic heterocycles. The number of urea groups is 1. The minimum atomic E-state index is -0.846. The zero-order valence-corrected chi connectivity index (χ0v) is 23.7. The van der Waals surface area contributed by atoms with Gasteiger partial charge in [0.05, 0.1) is 11.1 Å². The molecule has 0 aliphatic rings. The van der Waals surface area contributed by atoms with Gasteiger partial charge < -0.3 is 20.5 Å². The van der Waals surface area contributed by atoms with Gasteiger partial charge in [-0.25, -0.2) is 28.8 Å². The number of carbonyl (C=O) groups is 3. The highest BCUT2D eigenvalue weighted by molar-refractivity contribution is 6.31. The number of rotatable bonds is 14. The summed E-state index contributed by atoms with van der Waals surface area (Å²) in [6.45, 7) is 1.63. The van der Waals surface area contributed by atoms with Gasteiger partial charge in [0.25, 0.3) is 0 Å². The van der Waals surface area contributed by atoms with Crippen LogP contribution in [0.2, 0.25) is 5.02 Å². The quantitative estimate of drug-likeness (QED) is 0.137. The second kappa shape index (κ2) is 16.4. The Hall–Kier alpha value is -4.07. The summed E-state index contributed by atoms with van der Waals surface area (Å²) < 4.78 is 32.9. The Morgan fingerprint density at radius 1 is 1.07 bits per heavy atom. The molecule has 1 heterocycles. The van der Waals surface area contributed by atoms with Crippen LogP contribution in [0.3, 0.4) is 0 Å². The van der Waals surface area contributed by atoms with Crippen molar-refractivity contribution in [1.82, 2.24) is 26.1 Å². The molecule has 11 nitrogen and oxygen atoms in total. The van der Waals surface area contributed by atoms with Crippen LogP contribution in [0.1, 0.15) is 31.7 Å². The molecule has 0 bridgehead atoms. The number of hydrazine groups is 1. The number of aromatic nitrogens is 1. The highest BCUT2D eigenvalue weighted by Crippen LogP contribution is 2.20. The van der Waals surface area contributed by atoms with Crippen molar-refractivity contribution in [3.05, 3.63) is 70.9 Å². The molecule has 1 atom stereocenters. The first-order valence-corrected chi connectivity index (χ1v) is 13.6. The van der Waals surface area contributed by atoms with Gasteiger partial charge in [-0.1, -0.05) is 23.7 Å². The van der Waals surface area contributed by atoms with Crippen molar-refractivity contribution in [2.45, 2.75) is 38.8 Å². The summed E-state index contributed by atoms with van der Waals surface area (Å²) in [4.78, 5) is 41.2. The number of hydrogen-bond acceptors (Lipinski definition) is 7. The van der Waals surface area contributed by atoms with Crippen LogP contribution in [0.4, 0.5) is 24.2 Å². The topological polar surface area (TPSA) is 145 Å². The molecular formula is C28H33ClF2N6O5. The van der Waals surface area contributed by atoms with Crippen LogP contribution < -0.4 is 21.4 Å². The Kier molecular flexibility index (Phi) is 12.7. The number of nitrogens with zero attached hydrogens (tertiary/aromatic N) is 2. The smallest absolute Gasteiger partial charge is 0.412 e. The van der Waals surface area contributed by atoms with Gasteiger partial charge in [-0.05, 0) is 60.5 Å². The summed E-state index contributed by atoms with van der Waals surface area (Å²) >= 11 is 6.06. The average molecular weight is 607 g/mol. The van der Waals surface area contributed by atoms with Gasteiger partial charge in [-0.2, -0.15) is 0 Å². The number of benzene rings is 2. The number of halogens is 3. The van der Waals surface area contributed by atoms with Crippen LogP contribution in [-0.2, 0) is 16.1 Å². The van der Waals surface area contributed by atoms with Crippen molar-refractivity contribution < 1.29 is 33.0 Å². The third-order valence-corrected chi connectivity index (χ3v) is 6.54. The molecule has 3 rings (SSSR count). The number of pyridine rings is 1. The number of anilines is 1. The summed E-state index contributed by atoms with van der Waals surface area (Å²) in [5, 5.41) is 19.0. The van der Waals surface area contributed by atoms with Crippen LogP contribution in [0.5, 0.6) is 0 Å². The minimum absolute atomic E-state index is 0.0158. The van der Waals surface area contributed by atoms with E-state index < -0.39 is 35.7 Å². The van der Waals surface area contributed by atoms with Gasteiger partial charge in [-0.15, -0.1) is 0 Å². The molecule has 1 aromatic heterocycles. The van der Waals surface area contributed by atoms with E-state index in [0.29, 0.717) is 42.1 Å². The van der Waals surface area contributed by atoms with E-state index in [-0.39, 0.29) is 37.1 Å². The van der Waals surface area contributed by atoms with E-state index in [9.17, 15) is 23.2 Å². The number of ether oxygens (including phenoxy) is 1. The van der Waals surface area contributed by atoms with E-state index in [1.165, 1.54) is 48.5 Å². The number of amides is 4. The Balaban J connectivity index is 1.64. The largest absolute Gasteiger partial charge is 0.447 e. The van der Waals surface area contributed by atoms with Gasteiger partial charge in [-0.3, -0.25) is 15.1 Å². The van der Waals surface area contributed by atoms with Gasteiger partial charge in [0.1, 0.15) is 24.1 Å². The lowest BCUT2D eigenvalue weighted by Crippen LogP contribution is -2.50. The molecule has 0 unspecified atom stereocenters. The molecule has 226 valence electrons. The number of aliphatic hydroxyl groups is 1. The van der Waals surface area contributed by atoms with Crippen molar-refractivity contribution in [2.24, 2.45) is 0 Å². The third kappa shape index (κ3) is 10.1. The Morgan fingerprint density at radius 3 is 2.57 bits per heavy atom. The molecule has 0 spiro atoms. The normalized spacial score (nSPS) is 11.5. The predicted octanol–water partition coefficient (Wildman–Crippen LogP) is 4.10. The van der Waals surface area contributed by atoms with Crippen LogP contribution in [0.15, 0.2) is 48.7 Å². The average Bonchev–Trinajstić information content (AvgIpc) is 2.95. The monoisotopic (exact) mass is 606 g/mol. The van der Waals surface area contributed by atoms with E-state index in [1.54, 1.807) is 12.1 Å². The van der Waals surface area contributed by atoms with Crippen LogP contribution >= 0.6 is 11.6 Å².